The first-order valence-electron chi connectivity index (χ1n) is 2.67. The van der Waals surface area contributed by atoms with Gasteiger partial charge in [-0.15, -0.1) is 11.3 Å². The summed E-state index contributed by atoms with van der Waals surface area (Å²) in [7, 11) is 0. The third kappa shape index (κ3) is 1.84. The van der Waals surface area contributed by atoms with Crippen molar-refractivity contribution in [2.75, 3.05) is 0 Å². The third-order valence-corrected chi connectivity index (χ3v) is 3.17. The van der Waals surface area contributed by atoms with E-state index in [2.05, 4.69) is 33.1 Å². The summed E-state index contributed by atoms with van der Waals surface area (Å²) in [6, 6.07) is 2.03. The zero-order valence-corrected chi connectivity index (χ0v) is 8.63. The van der Waals surface area contributed by atoms with Crippen molar-refractivity contribution in [1.29, 1.82) is 0 Å². The van der Waals surface area contributed by atoms with E-state index in [0.29, 0.717) is 0 Å². The zero-order valence-electron chi connectivity index (χ0n) is 5.34. The van der Waals surface area contributed by atoms with E-state index in [1.165, 1.54) is 0 Å². The van der Waals surface area contributed by atoms with Crippen LogP contribution < -0.4 is 0 Å². The Bertz CT molecular complexity index is 254. The number of hydrogen-bond donors (Lipinski definition) is 1. The Morgan fingerprint density at radius 3 is 2.90 bits per heavy atom. The molecule has 0 aromatic carbocycles. The monoisotopic (exact) mass is 235 g/mol. The molecule has 0 fully saturated rings. The van der Waals surface area contributed by atoms with Gasteiger partial charge >= 0.3 is 0 Å². The standard InChI is InChI=1S/C6H6BrNS2/c1-4(8-9)6-2-5(7)3-10-6/h2-3,9H,1H3/b8-4+. The number of thiophene rings is 1. The van der Waals surface area contributed by atoms with Gasteiger partial charge < -0.3 is 0 Å². The SMILES string of the molecule is C/C(=N\S)c1cc(Br)cs1. The van der Waals surface area contributed by atoms with Gasteiger partial charge in [-0.2, -0.15) is 0 Å². The highest BCUT2D eigenvalue weighted by Gasteiger charge is 1.98. The quantitative estimate of drug-likeness (QED) is 0.568. The smallest absolute Gasteiger partial charge is 0.0625 e. The van der Waals surface area contributed by atoms with Crippen molar-refractivity contribution >= 4 is 45.8 Å². The number of rotatable bonds is 1. The molecule has 0 aliphatic rings. The molecule has 0 aliphatic heterocycles. The van der Waals surface area contributed by atoms with Gasteiger partial charge in [-0.3, -0.25) is 0 Å². The minimum absolute atomic E-state index is 0.957. The molecule has 1 aromatic heterocycles. The van der Waals surface area contributed by atoms with Crippen molar-refractivity contribution in [3.8, 4) is 0 Å². The van der Waals surface area contributed by atoms with Crippen LogP contribution in [0.1, 0.15) is 11.8 Å². The Hall–Kier alpha value is 0.200. The summed E-state index contributed by atoms with van der Waals surface area (Å²) in [6.45, 7) is 1.94. The predicted molar refractivity (Wildman–Crippen MR) is 53.2 cm³/mol. The number of hydrogen-bond acceptors (Lipinski definition) is 3. The number of nitrogens with zero attached hydrogens (tertiary/aromatic N) is 1. The Labute approximate surface area is 77.9 Å². The highest BCUT2D eigenvalue weighted by molar-refractivity contribution is 9.10. The van der Waals surface area contributed by atoms with E-state index in [0.717, 1.165) is 15.1 Å². The summed E-state index contributed by atoms with van der Waals surface area (Å²) < 4.78 is 4.87. The van der Waals surface area contributed by atoms with Gasteiger partial charge in [-0.25, -0.2) is 4.40 Å². The zero-order chi connectivity index (χ0) is 7.56. The average Bonchev–Trinajstić information content (AvgIpc) is 2.34. The first-order valence-corrected chi connectivity index (χ1v) is 4.74. The fourth-order valence-electron chi connectivity index (χ4n) is 0.552. The van der Waals surface area contributed by atoms with E-state index in [4.69, 9.17) is 0 Å². The van der Waals surface area contributed by atoms with Crippen LogP contribution in [-0.4, -0.2) is 5.71 Å². The predicted octanol–water partition coefficient (Wildman–Crippen LogP) is 3.16. The van der Waals surface area contributed by atoms with E-state index in [1.54, 1.807) is 11.3 Å². The molecule has 4 heteroatoms. The van der Waals surface area contributed by atoms with Crippen LogP contribution in [0.5, 0.6) is 0 Å². The fraction of sp³-hybridized carbons (Fsp3) is 0.167. The van der Waals surface area contributed by atoms with Crippen LogP contribution in [0.25, 0.3) is 0 Å². The second-order valence-corrected chi connectivity index (χ2v) is 3.84. The highest BCUT2D eigenvalue weighted by Crippen LogP contribution is 2.20. The molecule has 0 aliphatic carbocycles. The van der Waals surface area contributed by atoms with Gasteiger partial charge in [0, 0.05) is 9.85 Å². The van der Waals surface area contributed by atoms with Gasteiger partial charge in [0.2, 0.25) is 0 Å². The van der Waals surface area contributed by atoms with Crippen LogP contribution in [0.15, 0.2) is 20.3 Å². The van der Waals surface area contributed by atoms with Crippen LogP contribution in [0.4, 0.5) is 0 Å². The summed E-state index contributed by atoms with van der Waals surface area (Å²) in [4.78, 5) is 1.15. The molecule has 54 valence electrons. The van der Waals surface area contributed by atoms with E-state index < -0.39 is 0 Å². The molecule has 1 nitrogen and oxygen atoms in total. The number of halogens is 1. The molecule has 0 amide bonds. The van der Waals surface area contributed by atoms with Crippen molar-refractivity contribution in [2.24, 2.45) is 4.40 Å². The van der Waals surface area contributed by atoms with E-state index in [1.807, 2.05) is 18.4 Å². The molecule has 0 radical (unpaired) electrons. The topological polar surface area (TPSA) is 12.4 Å². The van der Waals surface area contributed by atoms with Crippen LogP contribution in [-0.2, 0) is 0 Å². The highest BCUT2D eigenvalue weighted by atomic mass is 79.9. The van der Waals surface area contributed by atoms with Crippen LogP contribution in [0, 0.1) is 0 Å². The van der Waals surface area contributed by atoms with Gasteiger partial charge in [0.15, 0.2) is 0 Å². The van der Waals surface area contributed by atoms with Crippen molar-refractivity contribution < 1.29 is 0 Å². The van der Waals surface area contributed by atoms with E-state index in [-0.39, 0.29) is 0 Å². The molecule has 1 rings (SSSR count). The summed E-state index contributed by atoms with van der Waals surface area (Å²) in [5.74, 6) is 0. The second kappa shape index (κ2) is 3.55. The Balaban J connectivity index is 2.95. The summed E-state index contributed by atoms with van der Waals surface area (Å²) in [5, 5.41) is 2.03. The van der Waals surface area contributed by atoms with Crippen LogP contribution in [0.2, 0.25) is 0 Å². The molecule has 0 saturated carbocycles. The van der Waals surface area contributed by atoms with Gasteiger partial charge in [-0.1, -0.05) is 0 Å². The molecule has 0 saturated heterocycles. The first kappa shape index (κ1) is 8.30. The summed E-state index contributed by atoms with van der Waals surface area (Å²) in [6.07, 6.45) is 0. The molecule has 1 aromatic rings. The molecule has 0 atom stereocenters. The minimum Gasteiger partial charge on any atom is -0.223 e. The maximum Gasteiger partial charge on any atom is 0.0625 e. The minimum atomic E-state index is 0.957. The molecule has 1 heterocycles. The van der Waals surface area contributed by atoms with Crippen LogP contribution in [0.3, 0.4) is 0 Å². The van der Waals surface area contributed by atoms with Crippen LogP contribution >= 0.6 is 40.1 Å². The van der Waals surface area contributed by atoms with Gasteiger partial charge in [0.25, 0.3) is 0 Å². The van der Waals surface area contributed by atoms with Gasteiger partial charge in [-0.05, 0) is 41.7 Å². The van der Waals surface area contributed by atoms with Crippen molar-refractivity contribution in [1.82, 2.24) is 0 Å². The van der Waals surface area contributed by atoms with Gasteiger partial charge in [0.1, 0.15) is 0 Å². The molecule has 0 bridgehead atoms. The molecule has 0 N–H and O–H groups in total. The number of thiol groups is 1. The summed E-state index contributed by atoms with van der Waals surface area (Å²) in [5.41, 5.74) is 0.957. The lowest BCUT2D eigenvalue weighted by molar-refractivity contribution is 1.73. The van der Waals surface area contributed by atoms with Gasteiger partial charge in [0.05, 0.1) is 10.6 Å². The molecular formula is C6H6BrNS2. The summed E-state index contributed by atoms with van der Waals surface area (Å²) >= 11 is 8.83. The molecule has 0 unspecified atom stereocenters. The third-order valence-electron chi connectivity index (χ3n) is 1.07. The molecule has 10 heavy (non-hydrogen) atoms. The lowest BCUT2D eigenvalue weighted by atomic mass is 10.3. The van der Waals surface area contributed by atoms with Crippen molar-refractivity contribution in [3.05, 3.63) is 20.8 Å². The fourth-order valence-corrected chi connectivity index (χ4v) is 2.11. The van der Waals surface area contributed by atoms with Crippen molar-refractivity contribution in [3.63, 3.8) is 0 Å². The maximum atomic E-state index is 3.82. The Morgan fingerprint density at radius 1 is 1.80 bits per heavy atom. The average molecular weight is 236 g/mol. The first-order chi connectivity index (χ1) is 4.74. The van der Waals surface area contributed by atoms with E-state index >= 15 is 0 Å². The van der Waals surface area contributed by atoms with E-state index in [9.17, 15) is 0 Å². The lowest BCUT2D eigenvalue weighted by Gasteiger charge is -1.88. The normalized spacial score (nSPS) is 12.1. The largest absolute Gasteiger partial charge is 0.223 e. The lowest BCUT2D eigenvalue weighted by Crippen LogP contribution is -1.85. The Kier molecular flexibility index (Phi) is 2.95. The van der Waals surface area contributed by atoms with Crippen molar-refractivity contribution in [2.45, 2.75) is 6.92 Å². The second-order valence-electron chi connectivity index (χ2n) is 1.81. The molecule has 0 spiro atoms. The maximum absolute atomic E-state index is 3.82. The Morgan fingerprint density at radius 2 is 2.50 bits per heavy atom. The molecular weight excluding hydrogens is 230 g/mol.